The first-order valence-electron chi connectivity index (χ1n) is 12.5. The fourth-order valence-electron chi connectivity index (χ4n) is 4.48. The summed E-state index contributed by atoms with van der Waals surface area (Å²) in [4.78, 5) is 17.7. The lowest BCUT2D eigenvalue weighted by Gasteiger charge is -2.23. The van der Waals surface area contributed by atoms with Crippen molar-refractivity contribution < 1.29 is 17.6 Å². The lowest BCUT2D eigenvalue weighted by molar-refractivity contribution is 0.0964. The maximum Gasteiger partial charge on any atom is 0.255 e. The van der Waals surface area contributed by atoms with Crippen molar-refractivity contribution in [3.63, 3.8) is 0 Å². The topological polar surface area (TPSA) is 92.5 Å². The van der Waals surface area contributed by atoms with E-state index in [1.54, 1.807) is 7.05 Å². The van der Waals surface area contributed by atoms with Crippen LogP contribution >= 0.6 is 0 Å². The van der Waals surface area contributed by atoms with Crippen LogP contribution in [0.25, 0.3) is 22.4 Å². The predicted molar refractivity (Wildman–Crippen MR) is 141 cm³/mol. The van der Waals surface area contributed by atoms with Crippen LogP contribution in [0, 0.1) is 0 Å². The number of aromatic nitrogens is 1. The Morgan fingerprint density at radius 3 is 2.43 bits per heavy atom. The predicted octanol–water partition coefficient (Wildman–Crippen LogP) is 5.64. The number of hydrogen-bond donors (Lipinski definition) is 1. The molecular formula is C27H35N3O4S. The molecule has 0 radical (unpaired) electrons. The first kappa shape index (κ1) is 25.2. The van der Waals surface area contributed by atoms with Gasteiger partial charge < -0.3 is 9.73 Å². The lowest BCUT2D eigenvalue weighted by Crippen LogP contribution is -2.32. The smallest absolute Gasteiger partial charge is 0.255 e. The summed E-state index contributed by atoms with van der Waals surface area (Å²) < 4.78 is 33.3. The highest BCUT2D eigenvalue weighted by molar-refractivity contribution is 7.92. The molecule has 0 aliphatic heterocycles. The molecule has 8 heteroatoms. The zero-order valence-corrected chi connectivity index (χ0v) is 21.9. The molecule has 2 heterocycles. The third-order valence-electron chi connectivity index (χ3n) is 6.64. The highest BCUT2D eigenvalue weighted by Crippen LogP contribution is 2.46. The molecule has 2 aromatic heterocycles. The summed E-state index contributed by atoms with van der Waals surface area (Å²) in [6.07, 6.45) is 7.97. The summed E-state index contributed by atoms with van der Waals surface area (Å²) in [5.41, 5.74) is 3.56. The number of nitrogens with zero attached hydrogens (tertiary/aromatic N) is 2. The van der Waals surface area contributed by atoms with Crippen LogP contribution in [0.4, 0.5) is 5.82 Å². The molecule has 1 saturated carbocycles. The van der Waals surface area contributed by atoms with E-state index in [2.05, 4.69) is 19.2 Å². The minimum atomic E-state index is -3.54. The first-order chi connectivity index (χ1) is 16.8. The Labute approximate surface area is 208 Å². The number of unbranched alkanes of at least 4 members (excludes halogenated alkanes) is 3. The average molecular weight is 498 g/mol. The van der Waals surface area contributed by atoms with Crippen LogP contribution in [0.1, 0.15) is 79.8 Å². The number of furan rings is 1. The molecule has 0 spiro atoms. The van der Waals surface area contributed by atoms with Crippen molar-refractivity contribution in [2.75, 3.05) is 24.2 Å². The number of benzene rings is 1. The number of carbonyl (C=O) groups is 1. The van der Waals surface area contributed by atoms with E-state index in [9.17, 15) is 13.2 Å². The number of amides is 1. The van der Waals surface area contributed by atoms with Gasteiger partial charge in [-0.2, -0.15) is 4.98 Å². The molecule has 1 aliphatic carbocycles. The van der Waals surface area contributed by atoms with E-state index in [4.69, 9.17) is 9.40 Å². The number of pyridine rings is 1. The van der Waals surface area contributed by atoms with E-state index >= 15 is 0 Å². The molecule has 1 aliphatic rings. The Morgan fingerprint density at radius 1 is 1.14 bits per heavy atom. The van der Waals surface area contributed by atoms with Gasteiger partial charge in [0.05, 0.1) is 17.2 Å². The Morgan fingerprint density at radius 2 is 1.86 bits per heavy atom. The van der Waals surface area contributed by atoms with Gasteiger partial charge in [0, 0.05) is 19.2 Å². The standard InChI is InChI=1S/C27H35N3O4S/c1-5-7-8-9-16-30(35(4,32)33)25-21(19-14-15-19)17-22-23(26(31)28-3)24(34-27(22)29-25)20-12-10-18(6-2)11-13-20/h10-13,17,19H,5-9,14-16H2,1-4H3,(H,28,31). The molecule has 1 aromatic carbocycles. The molecular weight excluding hydrogens is 462 g/mol. The van der Waals surface area contributed by atoms with Gasteiger partial charge in [-0.25, -0.2) is 8.42 Å². The number of aryl methyl sites for hydroxylation is 1. The van der Waals surface area contributed by atoms with E-state index < -0.39 is 10.0 Å². The second-order valence-electron chi connectivity index (χ2n) is 9.36. The Kier molecular flexibility index (Phi) is 7.50. The van der Waals surface area contributed by atoms with Gasteiger partial charge in [0.2, 0.25) is 15.7 Å². The molecule has 1 N–H and O–H groups in total. The third-order valence-corrected chi connectivity index (χ3v) is 7.79. The number of carbonyl (C=O) groups excluding carboxylic acids is 1. The highest BCUT2D eigenvalue weighted by Gasteiger charge is 2.34. The van der Waals surface area contributed by atoms with Crippen molar-refractivity contribution in [2.24, 2.45) is 0 Å². The Hall–Kier alpha value is -2.87. The zero-order chi connectivity index (χ0) is 25.2. The molecule has 7 nitrogen and oxygen atoms in total. The lowest BCUT2D eigenvalue weighted by atomic mass is 10.0. The quantitative estimate of drug-likeness (QED) is 0.346. The maximum absolute atomic E-state index is 13.0. The summed E-state index contributed by atoms with van der Waals surface area (Å²) in [7, 11) is -1.94. The molecule has 0 saturated heterocycles. The van der Waals surface area contributed by atoms with E-state index in [1.165, 1.54) is 16.1 Å². The van der Waals surface area contributed by atoms with Crippen LogP contribution in [0.2, 0.25) is 0 Å². The molecule has 1 fully saturated rings. The average Bonchev–Trinajstić information content (AvgIpc) is 3.62. The monoisotopic (exact) mass is 497 g/mol. The molecule has 0 bridgehead atoms. The molecule has 35 heavy (non-hydrogen) atoms. The largest absolute Gasteiger partial charge is 0.437 e. The van der Waals surface area contributed by atoms with E-state index in [0.717, 1.165) is 56.1 Å². The van der Waals surface area contributed by atoms with Gasteiger partial charge in [0.15, 0.2) is 0 Å². The number of sulfonamides is 1. The summed E-state index contributed by atoms with van der Waals surface area (Å²) in [5.74, 6) is 0.863. The number of fused-ring (bicyclic) bond motifs is 1. The minimum absolute atomic E-state index is 0.238. The number of anilines is 1. The van der Waals surface area contributed by atoms with Crippen molar-refractivity contribution in [3.8, 4) is 11.3 Å². The fourth-order valence-corrected chi connectivity index (χ4v) is 5.40. The van der Waals surface area contributed by atoms with Crippen molar-refractivity contribution in [3.05, 3.63) is 47.0 Å². The fraction of sp³-hybridized carbons (Fsp3) is 0.481. The second-order valence-corrected chi connectivity index (χ2v) is 11.3. The number of hydrogen-bond acceptors (Lipinski definition) is 5. The third kappa shape index (κ3) is 5.37. The summed E-state index contributed by atoms with van der Waals surface area (Å²) >= 11 is 0. The van der Waals surface area contributed by atoms with Crippen LogP contribution in [0.3, 0.4) is 0 Å². The minimum Gasteiger partial charge on any atom is -0.437 e. The SMILES string of the molecule is CCCCCCN(c1nc2oc(-c3ccc(CC)cc3)c(C(=O)NC)c2cc1C1CC1)S(C)(=O)=O. The van der Waals surface area contributed by atoms with Gasteiger partial charge in [-0.1, -0.05) is 57.4 Å². The molecule has 3 aromatic rings. The van der Waals surface area contributed by atoms with Crippen molar-refractivity contribution in [1.82, 2.24) is 10.3 Å². The van der Waals surface area contributed by atoms with Gasteiger partial charge in [-0.05, 0) is 48.8 Å². The molecule has 188 valence electrons. The highest BCUT2D eigenvalue weighted by atomic mass is 32.2. The number of rotatable bonds is 11. The molecule has 0 atom stereocenters. The van der Waals surface area contributed by atoms with Crippen molar-refractivity contribution >= 4 is 32.8 Å². The summed E-state index contributed by atoms with van der Waals surface area (Å²) in [6, 6.07) is 9.86. The molecule has 0 unspecified atom stereocenters. The van der Waals surface area contributed by atoms with Gasteiger partial charge in [0.1, 0.15) is 11.6 Å². The Balaban J connectivity index is 1.88. The second kappa shape index (κ2) is 10.4. The van der Waals surface area contributed by atoms with Gasteiger partial charge in [-0.15, -0.1) is 0 Å². The van der Waals surface area contributed by atoms with Crippen molar-refractivity contribution in [2.45, 2.75) is 64.7 Å². The van der Waals surface area contributed by atoms with E-state index in [0.29, 0.717) is 29.1 Å². The molecule has 4 rings (SSSR count). The molecule has 1 amide bonds. The van der Waals surface area contributed by atoms with Crippen LogP contribution < -0.4 is 9.62 Å². The van der Waals surface area contributed by atoms with Gasteiger partial charge in [-0.3, -0.25) is 9.10 Å². The van der Waals surface area contributed by atoms with Crippen LogP contribution in [-0.4, -0.2) is 39.2 Å². The van der Waals surface area contributed by atoms with Crippen LogP contribution in [0.15, 0.2) is 34.7 Å². The normalized spacial score (nSPS) is 13.8. The van der Waals surface area contributed by atoms with Gasteiger partial charge >= 0.3 is 0 Å². The summed E-state index contributed by atoms with van der Waals surface area (Å²) in [6.45, 7) is 4.60. The number of nitrogens with one attached hydrogen (secondary N) is 1. The zero-order valence-electron chi connectivity index (χ0n) is 21.1. The van der Waals surface area contributed by atoms with Gasteiger partial charge in [0.25, 0.3) is 5.91 Å². The van der Waals surface area contributed by atoms with Crippen LogP contribution in [0.5, 0.6) is 0 Å². The maximum atomic E-state index is 13.0. The van der Waals surface area contributed by atoms with Crippen molar-refractivity contribution in [1.29, 1.82) is 0 Å². The first-order valence-corrected chi connectivity index (χ1v) is 14.4. The summed E-state index contributed by atoms with van der Waals surface area (Å²) in [5, 5.41) is 3.34. The van der Waals surface area contributed by atoms with Crippen LogP contribution in [-0.2, 0) is 16.4 Å². The Bertz CT molecular complexity index is 1310. The van der Waals surface area contributed by atoms with E-state index in [-0.39, 0.29) is 17.5 Å². The van der Waals surface area contributed by atoms with E-state index in [1.807, 2.05) is 30.3 Å².